The van der Waals surface area contributed by atoms with Gasteiger partial charge in [-0.05, 0) is 32.0 Å². The van der Waals surface area contributed by atoms with Crippen LogP contribution in [0.2, 0.25) is 5.02 Å². The Balaban J connectivity index is 1.70. The Morgan fingerprint density at radius 1 is 1.21 bits per heavy atom. The fourth-order valence-electron chi connectivity index (χ4n) is 2.93. The van der Waals surface area contributed by atoms with Gasteiger partial charge in [-0.2, -0.15) is 0 Å². The van der Waals surface area contributed by atoms with E-state index in [1.807, 2.05) is 35.2 Å². The van der Waals surface area contributed by atoms with Crippen molar-refractivity contribution in [3.63, 3.8) is 0 Å². The molecule has 0 amide bonds. The van der Waals surface area contributed by atoms with Gasteiger partial charge < -0.3 is 9.09 Å². The minimum Gasteiger partial charge on any atom is -0.360 e. The summed E-state index contributed by atoms with van der Waals surface area (Å²) in [4.78, 5) is 4.84. The Bertz CT molecular complexity index is 1300. The molecule has 7 nitrogen and oxygen atoms in total. The Kier molecular flexibility index (Phi) is 4.97. The van der Waals surface area contributed by atoms with Crippen molar-refractivity contribution in [2.45, 2.75) is 18.7 Å². The number of benzene rings is 1. The highest BCUT2D eigenvalue weighted by Gasteiger charge is 2.24. The first-order valence-corrected chi connectivity index (χ1v) is 11.3. The van der Waals surface area contributed by atoms with Gasteiger partial charge in [-0.3, -0.25) is 4.72 Å². The molecule has 0 aliphatic rings. The van der Waals surface area contributed by atoms with Crippen LogP contribution in [0, 0.1) is 13.8 Å². The van der Waals surface area contributed by atoms with E-state index in [1.54, 1.807) is 26.0 Å². The van der Waals surface area contributed by atoms with Crippen LogP contribution < -0.4 is 4.72 Å². The van der Waals surface area contributed by atoms with Gasteiger partial charge in [0.15, 0.2) is 5.82 Å². The second-order valence-electron chi connectivity index (χ2n) is 6.51. The molecule has 0 fully saturated rings. The van der Waals surface area contributed by atoms with Crippen LogP contribution in [-0.4, -0.2) is 23.1 Å². The van der Waals surface area contributed by atoms with Gasteiger partial charge in [0, 0.05) is 34.8 Å². The highest BCUT2D eigenvalue weighted by Crippen LogP contribution is 2.33. The number of hydrogen-bond acceptors (Lipinski definition) is 6. The van der Waals surface area contributed by atoms with Crippen molar-refractivity contribution in [2.24, 2.45) is 7.05 Å². The normalized spacial score (nSPS) is 11.7. The van der Waals surface area contributed by atoms with Crippen LogP contribution in [0.25, 0.3) is 22.0 Å². The average Bonchev–Trinajstić information content (AvgIpc) is 3.36. The largest absolute Gasteiger partial charge is 0.360 e. The van der Waals surface area contributed by atoms with Gasteiger partial charge in [-0.25, -0.2) is 13.4 Å². The van der Waals surface area contributed by atoms with E-state index in [2.05, 4.69) is 14.9 Å². The van der Waals surface area contributed by atoms with E-state index in [4.69, 9.17) is 16.1 Å². The van der Waals surface area contributed by atoms with Crippen molar-refractivity contribution >= 4 is 38.8 Å². The smallest absolute Gasteiger partial charge is 0.264 e. The molecule has 3 aromatic heterocycles. The summed E-state index contributed by atoms with van der Waals surface area (Å²) in [6, 6.07) is 10.6. The molecule has 1 N–H and O–H groups in total. The molecule has 0 bridgehead atoms. The zero-order valence-corrected chi connectivity index (χ0v) is 18.2. The number of sulfonamides is 1. The highest BCUT2D eigenvalue weighted by atomic mass is 35.5. The van der Waals surface area contributed by atoms with Gasteiger partial charge in [0.1, 0.15) is 15.7 Å². The number of rotatable bonds is 5. The topological polar surface area (TPSA) is 90.0 Å². The molecule has 0 aliphatic heterocycles. The van der Waals surface area contributed by atoms with Crippen molar-refractivity contribution in [3.05, 3.63) is 58.3 Å². The maximum atomic E-state index is 12.9. The first-order chi connectivity index (χ1) is 13.7. The fourth-order valence-corrected chi connectivity index (χ4v) is 5.27. The van der Waals surface area contributed by atoms with Crippen LogP contribution in [0.5, 0.6) is 0 Å². The van der Waals surface area contributed by atoms with Gasteiger partial charge in [0.25, 0.3) is 10.0 Å². The number of halogens is 1. The monoisotopic (exact) mass is 448 g/mol. The summed E-state index contributed by atoms with van der Waals surface area (Å²) < 4.78 is 34.9. The Morgan fingerprint density at radius 2 is 2.00 bits per heavy atom. The molecule has 150 valence electrons. The summed E-state index contributed by atoms with van der Waals surface area (Å²) in [6.07, 6.45) is 0. The van der Waals surface area contributed by atoms with Crippen LogP contribution in [0.1, 0.15) is 11.5 Å². The fraction of sp³-hybridized carbons (Fsp3) is 0.158. The molecule has 10 heteroatoms. The maximum absolute atomic E-state index is 12.9. The number of hydrogen-bond donors (Lipinski definition) is 1. The molecular formula is C19H17ClN4O3S2. The van der Waals surface area contributed by atoms with Crippen LogP contribution in [-0.2, 0) is 17.1 Å². The Labute approximate surface area is 177 Å². The van der Waals surface area contributed by atoms with E-state index in [-0.39, 0.29) is 10.7 Å². The summed E-state index contributed by atoms with van der Waals surface area (Å²) in [5.41, 5.74) is 2.98. The maximum Gasteiger partial charge on any atom is 0.264 e. The van der Waals surface area contributed by atoms with Gasteiger partial charge >= 0.3 is 0 Å². The molecule has 0 spiro atoms. The number of nitrogens with zero attached hydrogens (tertiary/aromatic N) is 3. The van der Waals surface area contributed by atoms with Crippen molar-refractivity contribution in [1.82, 2.24) is 14.7 Å². The quantitative estimate of drug-likeness (QED) is 0.470. The van der Waals surface area contributed by atoms with Gasteiger partial charge in [0.2, 0.25) is 0 Å². The molecule has 0 atom stereocenters. The third-order valence-corrected chi connectivity index (χ3v) is 7.06. The lowest BCUT2D eigenvalue weighted by molar-refractivity contribution is 0.400. The Morgan fingerprint density at radius 3 is 2.69 bits per heavy atom. The number of aryl methyl sites for hydroxylation is 1. The molecule has 0 radical (unpaired) electrons. The molecule has 0 unspecified atom stereocenters. The number of aromatic nitrogens is 3. The van der Waals surface area contributed by atoms with E-state index >= 15 is 0 Å². The van der Waals surface area contributed by atoms with E-state index in [9.17, 15) is 8.42 Å². The third kappa shape index (κ3) is 3.81. The van der Waals surface area contributed by atoms with E-state index in [1.165, 1.54) is 17.4 Å². The molecular weight excluding hydrogens is 432 g/mol. The van der Waals surface area contributed by atoms with Gasteiger partial charge in [-0.15, -0.1) is 11.3 Å². The van der Waals surface area contributed by atoms with Gasteiger partial charge in [-0.1, -0.05) is 28.9 Å². The third-order valence-electron chi connectivity index (χ3n) is 4.49. The summed E-state index contributed by atoms with van der Waals surface area (Å²) >= 11 is 7.51. The minimum atomic E-state index is -3.83. The highest BCUT2D eigenvalue weighted by molar-refractivity contribution is 7.92. The summed E-state index contributed by atoms with van der Waals surface area (Å²) in [7, 11) is -2.02. The lowest BCUT2D eigenvalue weighted by atomic mass is 10.2. The summed E-state index contributed by atoms with van der Waals surface area (Å²) in [5, 5.41) is 6.96. The summed E-state index contributed by atoms with van der Waals surface area (Å²) in [5.74, 6) is 0.661. The second-order valence-corrected chi connectivity index (χ2v) is 9.46. The lowest BCUT2D eigenvalue weighted by Crippen LogP contribution is -2.14. The van der Waals surface area contributed by atoms with Crippen LogP contribution in [0.3, 0.4) is 0 Å². The molecule has 0 aliphatic carbocycles. The molecule has 3 heterocycles. The average molecular weight is 449 g/mol. The van der Waals surface area contributed by atoms with Gasteiger partial charge in [0.05, 0.1) is 11.4 Å². The lowest BCUT2D eigenvalue weighted by Gasteiger charge is -2.05. The predicted octanol–water partition coefficient (Wildman–Crippen LogP) is 4.87. The molecule has 4 rings (SSSR count). The zero-order valence-electron chi connectivity index (χ0n) is 15.8. The van der Waals surface area contributed by atoms with Crippen LogP contribution in [0.4, 0.5) is 5.82 Å². The second kappa shape index (κ2) is 7.33. The molecule has 1 aromatic carbocycles. The molecule has 0 saturated carbocycles. The van der Waals surface area contributed by atoms with Crippen molar-refractivity contribution < 1.29 is 12.9 Å². The van der Waals surface area contributed by atoms with Crippen LogP contribution >= 0.6 is 22.9 Å². The standard InChI is InChI=1S/C19H17ClN4O3S2/c1-11-7-18(22-27-11)23-29(25,26)17-9-16(24(3)12(17)2)19-21-15(10-28-19)13-5-4-6-14(20)8-13/h4-10H,1-3H3,(H,22,23). The number of thiazole rings is 1. The predicted molar refractivity (Wildman–Crippen MR) is 114 cm³/mol. The van der Waals surface area contributed by atoms with Crippen LogP contribution in [0.15, 0.2) is 51.2 Å². The van der Waals surface area contributed by atoms with Crippen molar-refractivity contribution in [1.29, 1.82) is 0 Å². The number of anilines is 1. The number of nitrogens with one attached hydrogen (secondary N) is 1. The van der Waals surface area contributed by atoms with Crippen molar-refractivity contribution in [2.75, 3.05) is 4.72 Å². The molecule has 29 heavy (non-hydrogen) atoms. The SMILES string of the molecule is Cc1cc(NS(=O)(=O)c2cc(-c3nc(-c4cccc(Cl)c4)cs3)n(C)c2C)no1. The van der Waals surface area contributed by atoms with E-state index < -0.39 is 10.0 Å². The van der Waals surface area contributed by atoms with Crippen molar-refractivity contribution in [3.8, 4) is 22.0 Å². The van der Waals surface area contributed by atoms with E-state index in [0.717, 1.165) is 11.3 Å². The van der Waals surface area contributed by atoms with E-state index in [0.29, 0.717) is 27.2 Å². The Hall–Kier alpha value is -2.62. The summed E-state index contributed by atoms with van der Waals surface area (Å²) in [6.45, 7) is 3.44. The minimum absolute atomic E-state index is 0.143. The molecule has 4 aromatic rings. The first kappa shape index (κ1) is 19.7. The first-order valence-electron chi connectivity index (χ1n) is 8.59. The zero-order chi connectivity index (χ0) is 20.8. The molecule has 0 saturated heterocycles.